The molecule has 2 fully saturated rings. The molecule has 2 aliphatic heterocycles. The van der Waals surface area contributed by atoms with Crippen LogP contribution in [-0.4, -0.2) is 11.2 Å². The Morgan fingerprint density at radius 3 is 1.50 bits per heavy atom. The second-order valence-corrected chi connectivity index (χ2v) is 11.2. The van der Waals surface area contributed by atoms with E-state index in [9.17, 15) is 0 Å². The average Bonchev–Trinajstić information content (AvgIpc) is 2.66. The van der Waals surface area contributed by atoms with E-state index in [4.69, 9.17) is 9.47 Å². The number of benzene rings is 1. The van der Waals surface area contributed by atoms with Crippen LogP contribution >= 0.6 is 0 Å². The van der Waals surface area contributed by atoms with Gasteiger partial charge in [-0.1, -0.05) is 41.5 Å². The van der Waals surface area contributed by atoms with Gasteiger partial charge in [-0.25, -0.2) is 0 Å². The van der Waals surface area contributed by atoms with Crippen LogP contribution in [0, 0.1) is 23.7 Å². The molecule has 6 atom stereocenters. The molecule has 2 heterocycles. The van der Waals surface area contributed by atoms with Gasteiger partial charge in [-0.15, -0.1) is 0 Å². The molecule has 0 aromatic heterocycles. The summed E-state index contributed by atoms with van der Waals surface area (Å²) in [5.41, 5.74) is 2.92. The topological polar surface area (TPSA) is 18.5 Å². The van der Waals surface area contributed by atoms with Crippen molar-refractivity contribution in [1.82, 2.24) is 0 Å². The van der Waals surface area contributed by atoms with Crippen molar-refractivity contribution in [3.8, 4) is 11.5 Å². The zero-order chi connectivity index (χ0) is 19.8. The second-order valence-electron chi connectivity index (χ2n) is 11.2. The van der Waals surface area contributed by atoms with Crippen molar-refractivity contribution >= 4 is 0 Å². The lowest BCUT2D eigenvalue weighted by atomic mass is 9.62. The van der Waals surface area contributed by atoms with Gasteiger partial charge in [-0.05, 0) is 86.2 Å². The maximum absolute atomic E-state index is 6.86. The second kappa shape index (κ2) is 6.16. The summed E-state index contributed by atoms with van der Waals surface area (Å²) in [6.45, 7) is 14.3. The fourth-order valence-corrected chi connectivity index (χ4v) is 6.79. The quantitative estimate of drug-likeness (QED) is 0.544. The zero-order valence-corrected chi connectivity index (χ0v) is 18.7. The van der Waals surface area contributed by atoms with E-state index in [0.29, 0.717) is 23.7 Å². The van der Waals surface area contributed by atoms with Crippen LogP contribution in [0.25, 0.3) is 0 Å². The maximum atomic E-state index is 6.86. The molecule has 154 valence electrons. The van der Waals surface area contributed by atoms with Crippen LogP contribution in [0.4, 0.5) is 0 Å². The summed E-state index contributed by atoms with van der Waals surface area (Å²) in [6.07, 6.45) is 7.29. The van der Waals surface area contributed by atoms with E-state index in [1.165, 1.54) is 61.2 Å². The summed E-state index contributed by atoms with van der Waals surface area (Å²) in [5.74, 6) is 6.16. The van der Waals surface area contributed by atoms with Gasteiger partial charge in [-0.2, -0.15) is 0 Å². The van der Waals surface area contributed by atoms with Gasteiger partial charge in [0.2, 0.25) is 0 Å². The number of fused-ring (bicyclic) bond motifs is 8. The number of rotatable bonds is 2. The molecule has 2 saturated carbocycles. The molecule has 0 N–H and O–H groups in total. The minimum atomic E-state index is 0.0355. The third-order valence-corrected chi connectivity index (χ3v) is 9.22. The predicted octanol–water partition coefficient (Wildman–Crippen LogP) is 7.07. The smallest absolute Gasteiger partial charge is 0.124 e. The molecule has 2 nitrogen and oxygen atoms in total. The van der Waals surface area contributed by atoms with Crippen LogP contribution < -0.4 is 9.47 Å². The molecule has 0 radical (unpaired) electrons. The first kappa shape index (κ1) is 18.8. The lowest BCUT2D eigenvalue weighted by Gasteiger charge is -2.53. The Morgan fingerprint density at radius 1 is 0.750 bits per heavy atom. The molecule has 4 bridgehead atoms. The standard InChI is InChI=1S/C26H38O2/c1-15(2)25-9-7-17(5)21(13-25)19-12-24-20(11-23(19)27-25)22-14-26(28-24,16(3)4)10-8-18(22)6/h11-12,15-18,21-22H,7-10,13-14H2,1-6H3/t17-,18+,21-,22+,25-,26+. The molecule has 2 heteroatoms. The van der Waals surface area contributed by atoms with Crippen molar-refractivity contribution in [2.45, 2.75) is 103 Å². The van der Waals surface area contributed by atoms with Crippen LogP contribution in [0.5, 0.6) is 11.5 Å². The van der Waals surface area contributed by atoms with Gasteiger partial charge >= 0.3 is 0 Å². The molecule has 0 amide bonds. The van der Waals surface area contributed by atoms with Crippen LogP contribution in [0.3, 0.4) is 0 Å². The van der Waals surface area contributed by atoms with Gasteiger partial charge in [-0.3, -0.25) is 0 Å². The van der Waals surface area contributed by atoms with E-state index in [2.05, 4.69) is 53.7 Å². The van der Waals surface area contributed by atoms with Crippen LogP contribution in [0.2, 0.25) is 0 Å². The molecule has 0 spiro atoms. The normalized spacial score (nSPS) is 41.1. The zero-order valence-electron chi connectivity index (χ0n) is 18.7. The SMILES string of the molecule is CC(C)[C@]12CC[C@H](C)[C@H](C1)c1cc3c(cc1O2)[C@@H]1C[C@@](C(C)C)(CC[C@H]1C)O3. The fraction of sp³-hybridized carbons (Fsp3) is 0.769. The van der Waals surface area contributed by atoms with Crippen molar-refractivity contribution in [3.05, 3.63) is 23.3 Å². The van der Waals surface area contributed by atoms with E-state index in [1.807, 2.05) is 0 Å². The molecule has 4 aliphatic rings. The van der Waals surface area contributed by atoms with Gasteiger partial charge in [0.15, 0.2) is 0 Å². The van der Waals surface area contributed by atoms with Crippen molar-refractivity contribution in [2.75, 3.05) is 0 Å². The van der Waals surface area contributed by atoms with Crippen molar-refractivity contribution < 1.29 is 9.47 Å². The summed E-state index contributed by atoms with van der Waals surface area (Å²) in [4.78, 5) is 0. The summed E-state index contributed by atoms with van der Waals surface area (Å²) in [5, 5.41) is 0. The minimum absolute atomic E-state index is 0.0355. The summed E-state index contributed by atoms with van der Waals surface area (Å²) in [7, 11) is 0. The van der Waals surface area contributed by atoms with Crippen LogP contribution in [0.15, 0.2) is 12.1 Å². The molecule has 0 unspecified atom stereocenters. The largest absolute Gasteiger partial charge is 0.487 e. The Hall–Kier alpha value is -1.18. The molecule has 2 aliphatic carbocycles. The molecule has 28 heavy (non-hydrogen) atoms. The predicted molar refractivity (Wildman–Crippen MR) is 114 cm³/mol. The highest BCUT2D eigenvalue weighted by atomic mass is 16.5. The third kappa shape index (κ3) is 2.52. The molecule has 5 rings (SSSR count). The lowest BCUT2D eigenvalue weighted by molar-refractivity contribution is -0.0546. The van der Waals surface area contributed by atoms with Gasteiger partial charge < -0.3 is 9.47 Å². The van der Waals surface area contributed by atoms with Crippen LogP contribution in [-0.2, 0) is 0 Å². The Bertz CT molecular complexity index is 715. The lowest BCUT2D eigenvalue weighted by Crippen LogP contribution is -2.51. The highest BCUT2D eigenvalue weighted by Gasteiger charge is 2.51. The highest BCUT2D eigenvalue weighted by molar-refractivity contribution is 5.53. The number of hydrogen-bond acceptors (Lipinski definition) is 2. The van der Waals surface area contributed by atoms with Gasteiger partial charge in [0.1, 0.15) is 22.7 Å². The number of ether oxygens (including phenoxy) is 2. The van der Waals surface area contributed by atoms with Crippen molar-refractivity contribution in [1.29, 1.82) is 0 Å². The molecular weight excluding hydrogens is 344 g/mol. The van der Waals surface area contributed by atoms with Crippen LogP contribution in [0.1, 0.15) is 103 Å². The maximum Gasteiger partial charge on any atom is 0.124 e. The molecule has 1 aromatic carbocycles. The van der Waals surface area contributed by atoms with Gasteiger partial charge in [0.25, 0.3) is 0 Å². The van der Waals surface area contributed by atoms with E-state index >= 15 is 0 Å². The number of hydrogen-bond donors (Lipinski definition) is 0. The van der Waals surface area contributed by atoms with Crippen molar-refractivity contribution in [3.63, 3.8) is 0 Å². The van der Waals surface area contributed by atoms with Gasteiger partial charge in [0, 0.05) is 11.1 Å². The Kier molecular flexibility index (Phi) is 4.14. The summed E-state index contributed by atoms with van der Waals surface area (Å²) >= 11 is 0. The van der Waals surface area contributed by atoms with Gasteiger partial charge in [0.05, 0.1) is 0 Å². The third-order valence-electron chi connectivity index (χ3n) is 9.22. The van der Waals surface area contributed by atoms with E-state index in [-0.39, 0.29) is 11.2 Å². The monoisotopic (exact) mass is 382 g/mol. The summed E-state index contributed by atoms with van der Waals surface area (Å²) in [6, 6.07) is 4.81. The summed E-state index contributed by atoms with van der Waals surface area (Å²) < 4.78 is 13.7. The average molecular weight is 383 g/mol. The van der Waals surface area contributed by atoms with E-state index in [1.54, 1.807) is 0 Å². The first-order valence-corrected chi connectivity index (χ1v) is 11.8. The first-order valence-electron chi connectivity index (χ1n) is 11.8. The van der Waals surface area contributed by atoms with Crippen molar-refractivity contribution in [2.24, 2.45) is 23.7 Å². The Labute approximate surface area is 171 Å². The first-order chi connectivity index (χ1) is 13.2. The fourth-order valence-electron chi connectivity index (χ4n) is 6.79. The van der Waals surface area contributed by atoms with E-state index < -0.39 is 0 Å². The Morgan fingerprint density at radius 2 is 1.14 bits per heavy atom. The highest BCUT2D eigenvalue weighted by Crippen LogP contribution is 2.59. The molecule has 1 aromatic rings. The Balaban J connectivity index is 1.63. The minimum Gasteiger partial charge on any atom is -0.487 e. The molecule has 0 saturated heterocycles. The molecular formula is C26H38O2. The van der Waals surface area contributed by atoms with E-state index in [0.717, 1.165) is 11.8 Å².